The lowest BCUT2D eigenvalue weighted by Crippen LogP contribution is -2.30. The van der Waals surface area contributed by atoms with Crippen molar-refractivity contribution in [2.75, 3.05) is 25.1 Å². The smallest absolute Gasteiger partial charge is 0.265 e. The molecule has 0 saturated heterocycles. The molecule has 0 aliphatic rings. The Bertz CT molecular complexity index is 693. The lowest BCUT2D eigenvalue weighted by Gasteiger charge is -2.16. The van der Waals surface area contributed by atoms with Crippen LogP contribution in [0.25, 0.3) is 0 Å². The van der Waals surface area contributed by atoms with Crippen LogP contribution in [0.3, 0.4) is 0 Å². The van der Waals surface area contributed by atoms with E-state index in [0.717, 1.165) is 0 Å². The minimum atomic E-state index is -0.692. The monoisotopic (exact) mass is 363 g/mol. The Balaban J connectivity index is 1.90. The molecule has 134 valence electrons. The van der Waals surface area contributed by atoms with E-state index in [1.54, 1.807) is 43.3 Å². The summed E-state index contributed by atoms with van der Waals surface area (Å²) in [4.78, 5) is 12.3. The maximum Gasteiger partial charge on any atom is 0.265 e. The lowest BCUT2D eigenvalue weighted by atomic mass is 10.2. The number of hydrogen-bond donors (Lipinski definition) is 1. The van der Waals surface area contributed by atoms with Gasteiger partial charge >= 0.3 is 0 Å². The standard InChI is InChI=1S/C19H22ClNO4/c1-3-23-11-12-24-16-8-6-7-15(13-16)21-19(22)14(2)25-18-10-5-4-9-17(18)20/h4-10,13-14H,3,11-12H2,1-2H3,(H,21,22). The molecule has 0 bridgehead atoms. The van der Waals surface area contributed by atoms with Crippen molar-refractivity contribution in [2.45, 2.75) is 20.0 Å². The van der Waals surface area contributed by atoms with Gasteiger partial charge in [-0.15, -0.1) is 0 Å². The van der Waals surface area contributed by atoms with Gasteiger partial charge in [0.1, 0.15) is 18.1 Å². The predicted octanol–water partition coefficient (Wildman–Crippen LogP) is 4.16. The van der Waals surface area contributed by atoms with Crippen LogP contribution in [0.4, 0.5) is 5.69 Å². The van der Waals surface area contributed by atoms with Crippen molar-refractivity contribution < 1.29 is 19.0 Å². The van der Waals surface area contributed by atoms with Crippen molar-refractivity contribution in [3.63, 3.8) is 0 Å². The summed E-state index contributed by atoms with van der Waals surface area (Å²) in [5, 5.41) is 3.27. The molecule has 25 heavy (non-hydrogen) atoms. The Kier molecular flexibility index (Phi) is 7.57. The first kappa shape index (κ1) is 19.1. The number of ether oxygens (including phenoxy) is 3. The molecule has 1 unspecified atom stereocenters. The number of rotatable bonds is 9. The van der Waals surface area contributed by atoms with E-state index in [1.165, 1.54) is 0 Å². The Morgan fingerprint density at radius 2 is 1.96 bits per heavy atom. The summed E-state index contributed by atoms with van der Waals surface area (Å²) in [5.41, 5.74) is 0.633. The molecule has 1 atom stereocenters. The highest BCUT2D eigenvalue weighted by Gasteiger charge is 2.16. The van der Waals surface area contributed by atoms with Crippen LogP contribution in [0.15, 0.2) is 48.5 Å². The van der Waals surface area contributed by atoms with Crippen molar-refractivity contribution in [2.24, 2.45) is 0 Å². The molecule has 0 radical (unpaired) electrons. The average molecular weight is 364 g/mol. The van der Waals surface area contributed by atoms with E-state index in [4.69, 9.17) is 25.8 Å². The zero-order valence-corrected chi connectivity index (χ0v) is 15.1. The van der Waals surface area contributed by atoms with Crippen LogP contribution in [0.1, 0.15) is 13.8 Å². The number of para-hydroxylation sites is 1. The van der Waals surface area contributed by atoms with E-state index >= 15 is 0 Å². The van der Waals surface area contributed by atoms with Crippen molar-refractivity contribution >= 4 is 23.2 Å². The van der Waals surface area contributed by atoms with Gasteiger partial charge in [0.05, 0.1) is 11.6 Å². The third-order valence-corrected chi connectivity index (χ3v) is 3.62. The molecule has 0 aromatic heterocycles. The highest BCUT2D eigenvalue weighted by molar-refractivity contribution is 6.32. The van der Waals surface area contributed by atoms with E-state index in [2.05, 4.69) is 5.32 Å². The van der Waals surface area contributed by atoms with Crippen LogP contribution in [-0.2, 0) is 9.53 Å². The molecule has 0 saturated carbocycles. The summed E-state index contributed by atoms with van der Waals surface area (Å²) in [6.07, 6.45) is -0.692. The van der Waals surface area contributed by atoms with E-state index in [-0.39, 0.29) is 5.91 Å². The van der Waals surface area contributed by atoms with Gasteiger partial charge in [-0.25, -0.2) is 0 Å². The number of benzene rings is 2. The number of carbonyl (C=O) groups excluding carboxylic acids is 1. The Hall–Kier alpha value is -2.24. The Morgan fingerprint density at radius 1 is 1.16 bits per heavy atom. The first-order valence-electron chi connectivity index (χ1n) is 8.12. The quantitative estimate of drug-likeness (QED) is 0.679. The summed E-state index contributed by atoms with van der Waals surface area (Å²) in [6.45, 7) is 5.24. The topological polar surface area (TPSA) is 56.8 Å². The SMILES string of the molecule is CCOCCOc1cccc(NC(=O)C(C)Oc2ccccc2Cl)c1. The van der Waals surface area contributed by atoms with Crippen LogP contribution < -0.4 is 14.8 Å². The predicted molar refractivity (Wildman–Crippen MR) is 98.6 cm³/mol. The number of hydrogen-bond acceptors (Lipinski definition) is 4. The van der Waals surface area contributed by atoms with Crippen molar-refractivity contribution in [3.05, 3.63) is 53.6 Å². The number of amides is 1. The van der Waals surface area contributed by atoms with E-state index < -0.39 is 6.10 Å². The van der Waals surface area contributed by atoms with Gasteiger partial charge in [-0.1, -0.05) is 29.8 Å². The normalized spacial score (nSPS) is 11.6. The van der Waals surface area contributed by atoms with Crippen molar-refractivity contribution in [3.8, 4) is 11.5 Å². The lowest BCUT2D eigenvalue weighted by molar-refractivity contribution is -0.122. The van der Waals surface area contributed by atoms with Gasteiger partial charge in [0.25, 0.3) is 5.91 Å². The molecule has 2 rings (SSSR count). The number of carbonyl (C=O) groups is 1. The molecule has 2 aromatic carbocycles. The van der Waals surface area contributed by atoms with Gasteiger partial charge in [0, 0.05) is 18.4 Å². The summed E-state index contributed by atoms with van der Waals surface area (Å²) >= 11 is 6.04. The molecular formula is C19H22ClNO4. The molecule has 1 N–H and O–H groups in total. The number of anilines is 1. The first-order valence-corrected chi connectivity index (χ1v) is 8.50. The third-order valence-electron chi connectivity index (χ3n) is 3.31. The highest BCUT2D eigenvalue weighted by atomic mass is 35.5. The van der Waals surface area contributed by atoms with Gasteiger partial charge in [-0.3, -0.25) is 4.79 Å². The van der Waals surface area contributed by atoms with Gasteiger partial charge in [-0.2, -0.15) is 0 Å². The molecule has 0 fully saturated rings. The van der Waals surface area contributed by atoms with Crippen molar-refractivity contribution in [1.82, 2.24) is 0 Å². The maximum absolute atomic E-state index is 12.3. The molecule has 0 spiro atoms. The molecule has 5 nitrogen and oxygen atoms in total. The van der Waals surface area contributed by atoms with Crippen molar-refractivity contribution in [1.29, 1.82) is 0 Å². The molecule has 2 aromatic rings. The van der Waals surface area contributed by atoms with Crippen LogP contribution in [0.5, 0.6) is 11.5 Å². The van der Waals surface area contributed by atoms with Crippen LogP contribution in [-0.4, -0.2) is 31.8 Å². The molecular weight excluding hydrogens is 342 g/mol. The minimum Gasteiger partial charge on any atom is -0.491 e. The molecule has 1 amide bonds. The zero-order valence-electron chi connectivity index (χ0n) is 14.3. The second-order valence-electron chi connectivity index (χ2n) is 5.25. The molecule has 0 aliphatic heterocycles. The second-order valence-corrected chi connectivity index (χ2v) is 5.66. The fraction of sp³-hybridized carbons (Fsp3) is 0.316. The fourth-order valence-corrected chi connectivity index (χ4v) is 2.23. The summed E-state index contributed by atoms with van der Waals surface area (Å²) in [7, 11) is 0. The highest BCUT2D eigenvalue weighted by Crippen LogP contribution is 2.24. The van der Waals surface area contributed by atoms with Gasteiger partial charge in [0.15, 0.2) is 6.10 Å². The minimum absolute atomic E-state index is 0.272. The second kappa shape index (κ2) is 9.91. The summed E-state index contributed by atoms with van der Waals surface area (Å²) in [6, 6.07) is 14.2. The van der Waals surface area contributed by atoms with E-state index in [1.807, 2.05) is 19.1 Å². The number of nitrogens with one attached hydrogen (secondary N) is 1. The van der Waals surface area contributed by atoms with Gasteiger partial charge in [0.2, 0.25) is 0 Å². The third kappa shape index (κ3) is 6.29. The van der Waals surface area contributed by atoms with Gasteiger partial charge < -0.3 is 19.5 Å². The molecule has 6 heteroatoms. The Labute approximate surface area is 152 Å². The molecule has 0 aliphatic carbocycles. The van der Waals surface area contributed by atoms with Crippen LogP contribution in [0, 0.1) is 0 Å². The van der Waals surface area contributed by atoms with E-state index in [0.29, 0.717) is 42.0 Å². The maximum atomic E-state index is 12.3. The zero-order chi connectivity index (χ0) is 18.1. The largest absolute Gasteiger partial charge is 0.491 e. The summed E-state index contributed by atoms with van der Waals surface area (Å²) < 4.78 is 16.4. The average Bonchev–Trinajstić information content (AvgIpc) is 2.61. The number of halogens is 1. The van der Waals surface area contributed by atoms with E-state index in [9.17, 15) is 4.79 Å². The van der Waals surface area contributed by atoms with Gasteiger partial charge in [-0.05, 0) is 38.1 Å². The van der Waals surface area contributed by atoms with Crippen LogP contribution >= 0.6 is 11.6 Å². The molecule has 0 heterocycles. The first-order chi connectivity index (χ1) is 12.1. The van der Waals surface area contributed by atoms with Crippen LogP contribution in [0.2, 0.25) is 5.02 Å². The fourth-order valence-electron chi connectivity index (χ4n) is 2.05. The summed E-state index contributed by atoms with van der Waals surface area (Å²) in [5.74, 6) is 0.864. The Morgan fingerprint density at radius 3 is 2.72 bits per heavy atom.